The second-order valence-corrected chi connectivity index (χ2v) is 10.3. The minimum Gasteiger partial charge on any atom is -0.493 e. The van der Waals surface area contributed by atoms with Crippen LogP contribution in [-0.2, 0) is 16.2 Å². The average Bonchev–Trinajstić information content (AvgIpc) is 2.88. The molecule has 1 N–H and O–H groups in total. The standard InChI is InChI=1S/C26H21F3N4O3S.CH4/c1-16-2-3-17(14-31-16)23-12-18(26(27,28)29)4-6-20(23)21-9-11-36-24-13-19(5-7-22(21)24)37(34,35)33-25-8-10-30-15-32-25;/h2-8,10,12-15,21H,9,11H2,1H3,(H,30,32,33);1H4/t21-;/m1./s1. The molecule has 7 nitrogen and oxygen atoms in total. The van der Waals surface area contributed by atoms with E-state index in [1.165, 1.54) is 36.8 Å². The third-order valence-corrected chi connectivity index (χ3v) is 7.49. The summed E-state index contributed by atoms with van der Waals surface area (Å²) in [6.07, 6.45) is 0.207. The van der Waals surface area contributed by atoms with E-state index in [1.807, 2.05) is 0 Å². The second-order valence-electron chi connectivity index (χ2n) is 8.58. The first kappa shape index (κ1) is 27.1. The molecule has 2 aromatic carbocycles. The summed E-state index contributed by atoms with van der Waals surface area (Å²) in [5.74, 6) is 0.163. The molecule has 0 unspecified atom stereocenters. The molecule has 38 heavy (non-hydrogen) atoms. The molecule has 4 aromatic rings. The molecule has 5 rings (SSSR count). The largest absolute Gasteiger partial charge is 0.493 e. The van der Waals surface area contributed by atoms with E-state index < -0.39 is 21.8 Å². The Hall–Kier alpha value is -3.99. The molecule has 0 amide bonds. The normalized spacial score (nSPS) is 15.1. The van der Waals surface area contributed by atoms with Crippen LogP contribution in [-0.4, -0.2) is 30.0 Å². The maximum absolute atomic E-state index is 13.6. The molecule has 1 atom stereocenters. The smallest absolute Gasteiger partial charge is 0.416 e. The van der Waals surface area contributed by atoms with E-state index in [2.05, 4.69) is 19.7 Å². The zero-order chi connectivity index (χ0) is 26.2. The summed E-state index contributed by atoms with van der Waals surface area (Å²) in [6.45, 7) is 2.07. The summed E-state index contributed by atoms with van der Waals surface area (Å²) in [4.78, 5) is 11.9. The lowest BCUT2D eigenvalue weighted by Gasteiger charge is -2.29. The van der Waals surface area contributed by atoms with E-state index in [1.54, 1.807) is 31.3 Å². The zero-order valence-electron chi connectivity index (χ0n) is 19.5. The Labute approximate surface area is 218 Å². The quantitative estimate of drug-likeness (QED) is 0.322. The van der Waals surface area contributed by atoms with Gasteiger partial charge in [-0.2, -0.15) is 13.2 Å². The summed E-state index contributed by atoms with van der Waals surface area (Å²) >= 11 is 0. The van der Waals surface area contributed by atoms with Crippen molar-refractivity contribution in [3.8, 4) is 16.9 Å². The molecule has 0 radical (unpaired) electrons. The van der Waals surface area contributed by atoms with E-state index in [9.17, 15) is 21.6 Å². The summed E-state index contributed by atoms with van der Waals surface area (Å²) in [5.41, 5.74) is 2.34. The third-order valence-electron chi connectivity index (χ3n) is 6.13. The molecule has 2 aromatic heterocycles. The number of alkyl halides is 3. The fourth-order valence-corrected chi connectivity index (χ4v) is 5.34. The van der Waals surface area contributed by atoms with Crippen LogP contribution in [0.3, 0.4) is 0 Å². The number of pyridine rings is 1. The van der Waals surface area contributed by atoms with Crippen molar-refractivity contribution in [2.75, 3.05) is 11.3 Å². The lowest BCUT2D eigenvalue weighted by Crippen LogP contribution is -2.18. The van der Waals surface area contributed by atoms with E-state index in [0.717, 1.165) is 17.8 Å². The highest BCUT2D eigenvalue weighted by Crippen LogP contribution is 2.44. The molecule has 11 heteroatoms. The van der Waals surface area contributed by atoms with Crippen molar-refractivity contribution in [2.45, 2.75) is 37.8 Å². The molecule has 198 valence electrons. The molecule has 3 heterocycles. The van der Waals surface area contributed by atoms with Gasteiger partial charge in [0.2, 0.25) is 0 Å². The highest BCUT2D eigenvalue weighted by Gasteiger charge is 2.33. The Kier molecular flexibility index (Phi) is 7.41. The molecule has 0 aliphatic carbocycles. The number of nitrogens with zero attached hydrogens (tertiary/aromatic N) is 3. The molecule has 1 aliphatic heterocycles. The van der Waals surface area contributed by atoms with Crippen molar-refractivity contribution >= 4 is 15.8 Å². The van der Waals surface area contributed by atoms with Crippen molar-refractivity contribution < 1.29 is 26.3 Å². The van der Waals surface area contributed by atoms with Crippen molar-refractivity contribution in [3.05, 3.63) is 95.7 Å². The number of aromatic nitrogens is 3. The minimum absolute atomic E-state index is 0. The SMILES string of the molecule is C.Cc1ccc(-c2cc(C(F)(F)F)ccc2[C@H]2CCOc3cc(S(=O)(=O)Nc4ccncn4)ccc32)cn1. The number of sulfonamides is 1. The molecular formula is C27H25F3N4O3S. The fraction of sp³-hybridized carbons (Fsp3) is 0.222. The number of ether oxygens (including phenoxy) is 1. The van der Waals surface area contributed by atoms with Crippen molar-refractivity contribution in [1.82, 2.24) is 15.0 Å². The van der Waals surface area contributed by atoms with Gasteiger partial charge in [-0.05, 0) is 54.8 Å². The van der Waals surface area contributed by atoms with Crippen LogP contribution >= 0.6 is 0 Å². The maximum Gasteiger partial charge on any atom is 0.416 e. The first-order valence-electron chi connectivity index (χ1n) is 11.3. The summed E-state index contributed by atoms with van der Waals surface area (Å²) in [6, 6.07) is 13.1. The predicted octanol–water partition coefficient (Wildman–Crippen LogP) is 6.22. The van der Waals surface area contributed by atoms with Crippen LogP contribution in [0.1, 0.15) is 42.1 Å². The Balaban J connectivity index is 0.00000336. The van der Waals surface area contributed by atoms with Crippen LogP contribution in [0, 0.1) is 6.92 Å². The lowest BCUT2D eigenvalue weighted by atomic mass is 9.82. The summed E-state index contributed by atoms with van der Waals surface area (Å²) in [7, 11) is -3.96. The topological polar surface area (TPSA) is 94.1 Å². The molecule has 0 spiro atoms. The van der Waals surface area contributed by atoms with Crippen LogP contribution in [0.4, 0.5) is 19.0 Å². The van der Waals surface area contributed by atoms with Gasteiger partial charge in [0, 0.05) is 41.2 Å². The van der Waals surface area contributed by atoms with Crippen molar-refractivity contribution in [2.24, 2.45) is 0 Å². The van der Waals surface area contributed by atoms with Gasteiger partial charge in [-0.3, -0.25) is 9.71 Å². The van der Waals surface area contributed by atoms with Gasteiger partial charge in [0.05, 0.1) is 17.1 Å². The van der Waals surface area contributed by atoms with E-state index >= 15 is 0 Å². The van der Waals surface area contributed by atoms with Gasteiger partial charge in [-0.15, -0.1) is 0 Å². The first-order chi connectivity index (χ1) is 17.6. The first-order valence-corrected chi connectivity index (χ1v) is 12.8. The number of anilines is 1. The number of benzene rings is 2. The van der Waals surface area contributed by atoms with Gasteiger partial charge in [-0.1, -0.05) is 25.6 Å². The highest BCUT2D eigenvalue weighted by molar-refractivity contribution is 7.92. The zero-order valence-corrected chi connectivity index (χ0v) is 20.3. The van der Waals surface area contributed by atoms with Crippen LogP contribution in [0.25, 0.3) is 11.1 Å². The van der Waals surface area contributed by atoms with Gasteiger partial charge < -0.3 is 4.74 Å². The van der Waals surface area contributed by atoms with Gasteiger partial charge in [0.15, 0.2) is 0 Å². The third kappa shape index (κ3) is 5.47. The van der Waals surface area contributed by atoms with Gasteiger partial charge >= 0.3 is 6.18 Å². The lowest BCUT2D eigenvalue weighted by molar-refractivity contribution is -0.137. The number of fused-ring (bicyclic) bond motifs is 1. The molecule has 0 saturated carbocycles. The number of aryl methyl sites for hydroxylation is 1. The Morgan fingerprint density at radius 3 is 2.47 bits per heavy atom. The monoisotopic (exact) mass is 542 g/mol. The second kappa shape index (κ2) is 10.4. The Bertz CT molecular complexity index is 1540. The van der Waals surface area contributed by atoms with E-state index in [0.29, 0.717) is 34.4 Å². The average molecular weight is 543 g/mol. The molecule has 0 fully saturated rings. The van der Waals surface area contributed by atoms with Gasteiger partial charge in [0.25, 0.3) is 10.0 Å². The maximum atomic E-state index is 13.6. The fourth-order valence-electron chi connectivity index (χ4n) is 4.32. The predicted molar refractivity (Wildman–Crippen MR) is 137 cm³/mol. The van der Waals surface area contributed by atoms with Crippen LogP contribution < -0.4 is 9.46 Å². The number of hydrogen-bond donors (Lipinski definition) is 1. The Morgan fingerprint density at radius 1 is 1.00 bits per heavy atom. The number of nitrogens with one attached hydrogen (secondary N) is 1. The van der Waals surface area contributed by atoms with Crippen molar-refractivity contribution in [3.63, 3.8) is 0 Å². The Morgan fingerprint density at radius 2 is 1.79 bits per heavy atom. The number of hydrogen-bond acceptors (Lipinski definition) is 6. The molecule has 0 saturated heterocycles. The van der Waals surface area contributed by atoms with Crippen LogP contribution in [0.2, 0.25) is 0 Å². The van der Waals surface area contributed by atoms with E-state index in [-0.39, 0.29) is 30.7 Å². The minimum atomic E-state index is -4.50. The van der Waals surface area contributed by atoms with Crippen LogP contribution in [0.15, 0.2) is 78.2 Å². The van der Waals surface area contributed by atoms with Gasteiger partial charge in [0.1, 0.15) is 17.9 Å². The number of halogens is 3. The summed E-state index contributed by atoms with van der Waals surface area (Å²) < 4.78 is 74.7. The highest BCUT2D eigenvalue weighted by atomic mass is 32.2. The molecule has 0 bridgehead atoms. The van der Waals surface area contributed by atoms with Crippen molar-refractivity contribution in [1.29, 1.82) is 0 Å². The molecule has 1 aliphatic rings. The van der Waals surface area contributed by atoms with E-state index in [4.69, 9.17) is 4.74 Å². The van der Waals surface area contributed by atoms with Crippen LogP contribution in [0.5, 0.6) is 5.75 Å². The summed E-state index contributed by atoms with van der Waals surface area (Å²) in [5, 5.41) is 0. The van der Waals surface area contributed by atoms with Gasteiger partial charge in [-0.25, -0.2) is 18.4 Å². The number of rotatable bonds is 5. The molecular weight excluding hydrogens is 517 g/mol.